The van der Waals surface area contributed by atoms with Gasteiger partial charge < -0.3 is 10.2 Å². The number of carbonyl (C=O) groups is 1. The van der Waals surface area contributed by atoms with Gasteiger partial charge in [0, 0.05) is 10.7 Å². The van der Waals surface area contributed by atoms with Crippen LogP contribution in [0.15, 0.2) is 47.6 Å². The van der Waals surface area contributed by atoms with E-state index < -0.39 is 0 Å². The van der Waals surface area contributed by atoms with Gasteiger partial charge in [0.1, 0.15) is 0 Å². The van der Waals surface area contributed by atoms with Crippen molar-refractivity contribution in [3.05, 3.63) is 64.2 Å². The van der Waals surface area contributed by atoms with E-state index in [0.717, 1.165) is 22.4 Å². The lowest BCUT2D eigenvalue weighted by Gasteiger charge is -2.08. The molecule has 0 bridgehead atoms. The minimum Gasteiger partial charge on any atom is -0.386 e. The van der Waals surface area contributed by atoms with Crippen molar-refractivity contribution in [1.82, 2.24) is 0 Å². The maximum absolute atomic E-state index is 11.8. The Kier molecular flexibility index (Phi) is 5.55. The SMILES string of the molecule is Cc1ccc(NC(=O)CO/N=C\c2ccc(Cl)cc2)c(C)c1. The number of hydrogen-bond donors (Lipinski definition) is 1. The lowest BCUT2D eigenvalue weighted by Crippen LogP contribution is -2.17. The van der Waals surface area contributed by atoms with E-state index in [1.807, 2.05) is 44.2 Å². The molecule has 2 aromatic carbocycles. The van der Waals surface area contributed by atoms with Crippen LogP contribution in [-0.4, -0.2) is 18.7 Å². The van der Waals surface area contributed by atoms with Gasteiger partial charge in [-0.05, 0) is 43.2 Å². The molecule has 1 N–H and O–H groups in total. The molecule has 2 rings (SSSR count). The molecule has 0 radical (unpaired) electrons. The Bertz CT molecular complexity index is 682. The number of benzene rings is 2. The molecule has 0 spiro atoms. The van der Waals surface area contributed by atoms with Gasteiger partial charge in [0.2, 0.25) is 0 Å². The number of nitrogens with zero attached hydrogens (tertiary/aromatic N) is 1. The van der Waals surface area contributed by atoms with Crippen LogP contribution in [0.3, 0.4) is 0 Å². The number of halogens is 1. The Morgan fingerprint density at radius 3 is 2.64 bits per heavy atom. The molecule has 0 aliphatic rings. The largest absolute Gasteiger partial charge is 0.386 e. The zero-order chi connectivity index (χ0) is 15.9. The Morgan fingerprint density at radius 1 is 1.23 bits per heavy atom. The molecule has 22 heavy (non-hydrogen) atoms. The van der Waals surface area contributed by atoms with Gasteiger partial charge in [-0.15, -0.1) is 0 Å². The normalized spacial score (nSPS) is 10.7. The quantitative estimate of drug-likeness (QED) is 0.671. The van der Waals surface area contributed by atoms with Crippen LogP contribution in [0.5, 0.6) is 0 Å². The van der Waals surface area contributed by atoms with Gasteiger partial charge in [0.25, 0.3) is 5.91 Å². The third-order valence-electron chi connectivity index (χ3n) is 3.00. The van der Waals surface area contributed by atoms with Crippen molar-refractivity contribution < 1.29 is 9.63 Å². The minimum atomic E-state index is -0.250. The lowest BCUT2D eigenvalue weighted by atomic mass is 10.1. The predicted octanol–water partition coefficient (Wildman–Crippen LogP) is 3.95. The summed E-state index contributed by atoms with van der Waals surface area (Å²) in [5, 5.41) is 7.21. The number of amides is 1. The molecule has 0 saturated carbocycles. The molecule has 0 aromatic heterocycles. The standard InChI is InChI=1S/C17H17ClN2O2/c1-12-3-8-16(13(2)9-12)20-17(21)11-22-19-10-14-4-6-15(18)7-5-14/h3-10H,11H2,1-2H3,(H,20,21)/b19-10-. The second-order valence-corrected chi connectivity index (χ2v) is 5.36. The van der Waals surface area contributed by atoms with Gasteiger partial charge in [0.15, 0.2) is 6.61 Å². The highest BCUT2D eigenvalue weighted by Crippen LogP contribution is 2.15. The third-order valence-corrected chi connectivity index (χ3v) is 3.25. The molecule has 1 amide bonds. The molecule has 2 aromatic rings. The van der Waals surface area contributed by atoms with E-state index in [9.17, 15) is 4.79 Å². The van der Waals surface area contributed by atoms with Crippen LogP contribution >= 0.6 is 11.6 Å². The fraction of sp³-hybridized carbons (Fsp3) is 0.176. The fourth-order valence-electron chi connectivity index (χ4n) is 1.88. The Hall–Kier alpha value is -2.33. The van der Waals surface area contributed by atoms with E-state index in [4.69, 9.17) is 16.4 Å². The first-order chi connectivity index (χ1) is 10.5. The number of rotatable bonds is 5. The molecule has 0 aliphatic carbocycles. The summed E-state index contributed by atoms with van der Waals surface area (Å²) in [7, 11) is 0. The molecular formula is C17H17ClN2O2. The summed E-state index contributed by atoms with van der Waals surface area (Å²) in [6, 6.07) is 13.0. The summed E-state index contributed by atoms with van der Waals surface area (Å²) in [4.78, 5) is 16.8. The zero-order valence-electron chi connectivity index (χ0n) is 12.5. The first kappa shape index (κ1) is 16.0. The summed E-state index contributed by atoms with van der Waals surface area (Å²) < 4.78 is 0. The maximum Gasteiger partial charge on any atom is 0.265 e. The van der Waals surface area contributed by atoms with Crippen LogP contribution in [0.4, 0.5) is 5.69 Å². The van der Waals surface area contributed by atoms with Gasteiger partial charge >= 0.3 is 0 Å². The number of carbonyl (C=O) groups excluding carboxylic acids is 1. The molecular weight excluding hydrogens is 300 g/mol. The molecule has 0 fully saturated rings. The summed E-state index contributed by atoms with van der Waals surface area (Å²) >= 11 is 5.79. The van der Waals surface area contributed by atoms with Crippen LogP contribution in [-0.2, 0) is 9.63 Å². The van der Waals surface area contributed by atoms with E-state index in [1.165, 1.54) is 6.21 Å². The topological polar surface area (TPSA) is 50.7 Å². The maximum atomic E-state index is 11.8. The molecule has 5 heteroatoms. The summed E-state index contributed by atoms with van der Waals surface area (Å²) in [6.07, 6.45) is 1.53. The second-order valence-electron chi connectivity index (χ2n) is 4.93. The van der Waals surface area contributed by atoms with Crippen LogP contribution < -0.4 is 5.32 Å². The average molecular weight is 317 g/mol. The van der Waals surface area contributed by atoms with Crippen molar-refractivity contribution in [2.75, 3.05) is 11.9 Å². The van der Waals surface area contributed by atoms with E-state index in [-0.39, 0.29) is 12.5 Å². The Balaban J connectivity index is 1.81. The molecule has 4 nitrogen and oxygen atoms in total. The van der Waals surface area contributed by atoms with Gasteiger partial charge in [-0.1, -0.05) is 46.6 Å². The van der Waals surface area contributed by atoms with E-state index in [1.54, 1.807) is 12.1 Å². The second kappa shape index (κ2) is 7.61. The van der Waals surface area contributed by atoms with Crippen LogP contribution in [0, 0.1) is 13.8 Å². The smallest absolute Gasteiger partial charge is 0.265 e. The van der Waals surface area contributed by atoms with Crippen molar-refractivity contribution in [2.24, 2.45) is 5.16 Å². The van der Waals surface area contributed by atoms with E-state index in [0.29, 0.717) is 5.02 Å². The predicted molar refractivity (Wildman–Crippen MR) is 89.5 cm³/mol. The van der Waals surface area contributed by atoms with Crippen molar-refractivity contribution in [1.29, 1.82) is 0 Å². The van der Waals surface area contributed by atoms with Gasteiger partial charge in [-0.2, -0.15) is 0 Å². The molecule has 114 valence electrons. The number of nitrogens with one attached hydrogen (secondary N) is 1. The summed E-state index contributed by atoms with van der Waals surface area (Å²) in [5.74, 6) is -0.250. The molecule has 0 saturated heterocycles. The first-order valence-electron chi connectivity index (χ1n) is 6.82. The molecule has 0 unspecified atom stereocenters. The first-order valence-corrected chi connectivity index (χ1v) is 7.20. The molecule has 0 atom stereocenters. The Labute approximate surface area is 134 Å². The van der Waals surface area contributed by atoms with Crippen LogP contribution in [0.1, 0.15) is 16.7 Å². The van der Waals surface area contributed by atoms with Crippen molar-refractivity contribution in [3.63, 3.8) is 0 Å². The minimum absolute atomic E-state index is 0.141. The third kappa shape index (κ3) is 4.90. The van der Waals surface area contributed by atoms with Crippen LogP contribution in [0.25, 0.3) is 0 Å². The number of aryl methyl sites for hydroxylation is 2. The summed E-state index contributed by atoms with van der Waals surface area (Å²) in [5.41, 5.74) is 3.79. The van der Waals surface area contributed by atoms with Crippen molar-refractivity contribution >= 4 is 29.4 Å². The zero-order valence-corrected chi connectivity index (χ0v) is 13.2. The lowest BCUT2D eigenvalue weighted by molar-refractivity contribution is -0.120. The molecule has 0 heterocycles. The van der Waals surface area contributed by atoms with E-state index >= 15 is 0 Å². The highest BCUT2D eigenvalue weighted by molar-refractivity contribution is 6.30. The average Bonchev–Trinajstić information content (AvgIpc) is 2.48. The monoisotopic (exact) mass is 316 g/mol. The van der Waals surface area contributed by atoms with Gasteiger partial charge in [0.05, 0.1) is 6.21 Å². The highest BCUT2D eigenvalue weighted by Gasteiger charge is 2.05. The fourth-order valence-corrected chi connectivity index (χ4v) is 2.01. The van der Waals surface area contributed by atoms with Crippen molar-refractivity contribution in [2.45, 2.75) is 13.8 Å². The van der Waals surface area contributed by atoms with E-state index in [2.05, 4.69) is 10.5 Å². The highest BCUT2D eigenvalue weighted by atomic mass is 35.5. The molecule has 0 aliphatic heterocycles. The van der Waals surface area contributed by atoms with Crippen LogP contribution in [0.2, 0.25) is 5.02 Å². The van der Waals surface area contributed by atoms with Crippen molar-refractivity contribution in [3.8, 4) is 0 Å². The number of hydrogen-bond acceptors (Lipinski definition) is 3. The summed E-state index contributed by atoms with van der Waals surface area (Å²) in [6.45, 7) is 3.81. The number of anilines is 1. The van der Waals surface area contributed by atoms with Gasteiger partial charge in [-0.3, -0.25) is 4.79 Å². The van der Waals surface area contributed by atoms with Gasteiger partial charge in [-0.25, -0.2) is 0 Å². The number of oxime groups is 1. The Morgan fingerprint density at radius 2 is 1.95 bits per heavy atom.